The Morgan fingerprint density at radius 3 is 2.76 bits per heavy atom. The Bertz CT molecular complexity index is 738. The highest BCUT2D eigenvalue weighted by Crippen LogP contribution is 2.24. The number of nitrogens with zero attached hydrogens (tertiary/aromatic N) is 2. The fourth-order valence-corrected chi connectivity index (χ4v) is 2.60. The fraction of sp³-hybridized carbons (Fsp3) is 0.222. The number of pyridine rings is 2. The van der Waals surface area contributed by atoms with E-state index in [-0.39, 0.29) is 6.04 Å². The van der Waals surface area contributed by atoms with Crippen molar-refractivity contribution in [2.45, 2.75) is 19.9 Å². The summed E-state index contributed by atoms with van der Waals surface area (Å²) in [6, 6.07) is 14.9. The summed E-state index contributed by atoms with van der Waals surface area (Å²) in [6.45, 7) is 5.05. The molecule has 3 rings (SSSR count). The highest BCUT2D eigenvalue weighted by molar-refractivity contribution is 5.79. The molecule has 0 aliphatic rings. The molecule has 2 aromatic heterocycles. The van der Waals surface area contributed by atoms with Crippen LogP contribution in [-0.2, 0) is 0 Å². The summed E-state index contributed by atoms with van der Waals surface area (Å²) in [5.74, 6) is 0. The van der Waals surface area contributed by atoms with Gasteiger partial charge in [0.05, 0.1) is 11.6 Å². The zero-order chi connectivity index (χ0) is 14.7. The SMILES string of the molecule is CCNC(c1cccnc1)c1ccc2nc(C)ccc2c1. The van der Waals surface area contributed by atoms with Crippen molar-refractivity contribution in [1.82, 2.24) is 15.3 Å². The largest absolute Gasteiger partial charge is 0.306 e. The Morgan fingerprint density at radius 1 is 1.10 bits per heavy atom. The van der Waals surface area contributed by atoms with E-state index in [0.29, 0.717) is 0 Å². The van der Waals surface area contributed by atoms with Crippen LogP contribution in [0.25, 0.3) is 10.9 Å². The van der Waals surface area contributed by atoms with Crippen LogP contribution in [0.4, 0.5) is 0 Å². The molecule has 0 aliphatic carbocycles. The van der Waals surface area contributed by atoms with Crippen LogP contribution < -0.4 is 5.32 Å². The Labute approximate surface area is 125 Å². The first-order valence-corrected chi connectivity index (χ1v) is 7.28. The summed E-state index contributed by atoms with van der Waals surface area (Å²) in [6.07, 6.45) is 3.73. The summed E-state index contributed by atoms with van der Waals surface area (Å²) >= 11 is 0. The molecule has 2 heterocycles. The number of rotatable bonds is 4. The molecule has 1 unspecified atom stereocenters. The van der Waals surface area contributed by atoms with Crippen molar-refractivity contribution in [3.8, 4) is 0 Å². The number of nitrogens with one attached hydrogen (secondary N) is 1. The molecule has 1 aromatic carbocycles. The van der Waals surface area contributed by atoms with Crippen LogP contribution in [0.2, 0.25) is 0 Å². The van der Waals surface area contributed by atoms with E-state index >= 15 is 0 Å². The molecule has 1 N–H and O–H groups in total. The van der Waals surface area contributed by atoms with Crippen LogP contribution in [0, 0.1) is 6.92 Å². The Kier molecular flexibility index (Phi) is 3.93. The lowest BCUT2D eigenvalue weighted by molar-refractivity contribution is 0.629. The molecular formula is C18H19N3. The topological polar surface area (TPSA) is 37.8 Å². The number of benzene rings is 1. The molecule has 1 atom stereocenters. The minimum Gasteiger partial charge on any atom is -0.306 e. The van der Waals surface area contributed by atoms with E-state index in [9.17, 15) is 0 Å². The second-order valence-corrected chi connectivity index (χ2v) is 5.18. The molecule has 0 saturated carbocycles. The summed E-state index contributed by atoms with van der Waals surface area (Å²) < 4.78 is 0. The van der Waals surface area contributed by atoms with Gasteiger partial charge in [0.15, 0.2) is 0 Å². The van der Waals surface area contributed by atoms with Crippen molar-refractivity contribution < 1.29 is 0 Å². The van der Waals surface area contributed by atoms with Gasteiger partial charge >= 0.3 is 0 Å². The lowest BCUT2D eigenvalue weighted by Gasteiger charge is -2.19. The molecule has 0 spiro atoms. The van der Waals surface area contributed by atoms with Crippen LogP contribution >= 0.6 is 0 Å². The van der Waals surface area contributed by atoms with E-state index in [2.05, 4.69) is 58.6 Å². The van der Waals surface area contributed by atoms with Crippen molar-refractivity contribution in [1.29, 1.82) is 0 Å². The van der Waals surface area contributed by atoms with E-state index in [1.165, 1.54) is 16.5 Å². The highest BCUT2D eigenvalue weighted by atomic mass is 14.9. The summed E-state index contributed by atoms with van der Waals surface area (Å²) in [5.41, 5.74) is 4.51. The molecule has 3 heteroatoms. The van der Waals surface area contributed by atoms with Gasteiger partial charge in [0.2, 0.25) is 0 Å². The van der Waals surface area contributed by atoms with Crippen LogP contribution in [-0.4, -0.2) is 16.5 Å². The predicted octanol–water partition coefficient (Wildman–Crippen LogP) is 3.64. The molecule has 3 aromatic rings. The third-order valence-corrected chi connectivity index (χ3v) is 3.61. The van der Waals surface area contributed by atoms with Gasteiger partial charge in [-0.1, -0.05) is 25.1 Å². The third-order valence-electron chi connectivity index (χ3n) is 3.61. The van der Waals surface area contributed by atoms with Crippen molar-refractivity contribution in [2.75, 3.05) is 6.54 Å². The Balaban J connectivity index is 2.05. The van der Waals surface area contributed by atoms with Gasteiger partial charge in [-0.25, -0.2) is 0 Å². The third kappa shape index (κ3) is 2.93. The number of fused-ring (bicyclic) bond motifs is 1. The second kappa shape index (κ2) is 6.02. The molecule has 0 radical (unpaired) electrons. The van der Waals surface area contributed by atoms with Gasteiger partial charge in [-0.2, -0.15) is 0 Å². The summed E-state index contributed by atoms with van der Waals surface area (Å²) in [5, 5.41) is 4.70. The Hall–Kier alpha value is -2.26. The minimum absolute atomic E-state index is 0.161. The van der Waals surface area contributed by atoms with Gasteiger partial charge in [-0.05, 0) is 48.9 Å². The molecule has 0 saturated heterocycles. The van der Waals surface area contributed by atoms with Crippen LogP contribution in [0.3, 0.4) is 0 Å². The normalized spacial score (nSPS) is 12.5. The molecular weight excluding hydrogens is 258 g/mol. The molecule has 0 bridgehead atoms. The summed E-state index contributed by atoms with van der Waals surface area (Å²) in [7, 11) is 0. The number of aromatic nitrogens is 2. The molecule has 106 valence electrons. The van der Waals surface area contributed by atoms with E-state index in [1.807, 2.05) is 19.2 Å². The first-order valence-electron chi connectivity index (χ1n) is 7.28. The van der Waals surface area contributed by atoms with E-state index in [1.54, 1.807) is 6.20 Å². The lowest BCUT2D eigenvalue weighted by atomic mass is 9.98. The zero-order valence-electron chi connectivity index (χ0n) is 12.4. The van der Waals surface area contributed by atoms with Gasteiger partial charge in [-0.15, -0.1) is 0 Å². The molecule has 0 aliphatic heterocycles. The standard InChI is InChI=1S/C18H19N3/c1-3-20-18(16-5-4-10-19-12-16)15-8-9-17-14(11-15)7-6-13(2)21-17/h4-12,18,20H,3H2,1-2H3. The Morgan fingerprint density at radius 2 is 2.00 bits per heavy atom. The monoisotopic (exact) mass is 277 g/mol. The average Bonchev–Trinajstić information content (AvgIpc) is 2.53. The smallest absolute Gasteiger partial charge is 0.0705 e. The number of aryl methyl sites for hydroxylation is 1. The average molecular weight is 277 g/mol. The minimum atomic E-state index is 0.161. The number of hydrogen-bond acceptors (Lipinski definition) is 3. The van der Waals surface area contributed by atoms with Crippen molar-refractivity contribution in [3.63, 3.8) is 0 Å². The summed E-state index contributed by atoms with van der Waals surface area (Å²) in [4.78, 5) is 8.80. The van der Waals surface area contributed by atoms with Gasteiger partial charge in [0.1, 0.15) is 0 Å². The quantitative estimate of drug-likeness (QED) is 0.791. The van der Waals surface area contributed by atoms with E-state index in [4.69, 9.17) is 0 Å². The maximum absolute atomic E-state index is 4.56. The predicted molar refractivity (Wildman–Crippen MR) is 86.2 cm³/mol. The van der Waals surface area contributed by atoms with Gasteiger partial charge < -0.3 is 5.32 Å². The van der Waals surface area contributed by atoms with Crippen molar-refractivity contribution in [2.24, 2.45) is 0 Å². The highest BCUT2D eigenvalue weighted by Gasteiger charge is 2.13. The molecule has 21 heavy (non-hydrogen) atoms. The second-order valence-electron chi connectivity index (χ2n) is 5.18. The van der Waals surface area contributed by atoms with E-state index in [0.717, 1.165) is 17.8 Å². The first-order chi connectivity index (χ1) is 10.3. The molecule has 0 amide bonds. The van der Waals surface area contributed by atoms with Crippen LogP contribution in [0.5, 0.6) is 0 Å². The molecule has 0 fully saturated rings. The van der Waals surface area contributed by atoms with Crippen molar-refractivity contribution in [3.05, 3.63) is 71.7 Å². The fourth-order valence-electron chi connectivity index (χ4n) is 2.60. The van der Waals surface area contributed by atoms with Gasteiger partial charge in [0.25, 0.3) is 0 Å². The van der Waals surface area contributed by atoms with E-state index < -0.39 is 0 Å². The van der Waals surface area contributed by atoms with Crippen LogP contribution in [0.1, 0.15) is 29.8 Å². The maximum Gasteiger partial charge on any atom is 0.0705 e. The molecule has 3 nitrogen and oxygen atoms in total. The lowest BCUT2D eigenvalue weighted by Crippen LogP contribution is -2.22. The maximum atomic E-state index is 4.56. The van der Waals surface area contributed by atoms with Crippen molar-refractivity contribution >= 4 is 10.9 Å². The number of hydrogen-bond donors (Lipinski definition) is 1. The van der Waals surface area contributed by atoms with Crippen LogP contribution in [0.15, 0.2) is 54.9 Å². The van der Waals surface area contributed by atoms with Gasteiger partial charge in [0, 0.05) is 23.5 Å². The zero-order valence-corrected chi connectivity index (χ0v) is 12.4. The first kappa shape index (κ1) is 13.7. The van der Waals surface area contributed by atoms with Gasteiger partial charge in [-0.3, -0.25) is 9.97 Å².